The fraction of sp³-hybridized carbons (Fsp3) is 0.200. The second kappa shape index (κ2) is 4.81. The summed E-state index contributed by atoms with van der Waals surface area (Å²) in [6, 6.07) is 6.76. The Hall–Kier alpha value is -0.810. The van der Waals surface area contributed by atoms with Crippen LogP contribution < -0.4 is 0 Å². The van der Waals surface area contributed by atoms with Gasteiger partial charge in [0.05, 0.1) is 0 Å². The summed E-state index contributed by atoms with van der Waals surface area (Å²) in [4.78, 5) is 0. The van der Waals surface area contributed by atoms with Gasteiger partial charge in [-0.25, -0.2) is 0 Å². The molecule has 82 valence electrons. The summed E-state index contributed by atoms with van der Waals surface area (Å²) >= 11 is 3.19. The Morgan fingerprint density at radius 1 is 1.33 bits per heavy atom. The van der Waals surface area contributed by atoms with E-state index in [1.807, 2.05) is 0 Å². The van der Waals surface area contributed by atoms with E-state index < -0.39 is 12.3 Å². The lowest BCUT2D eigenvalue weighted by Crippen LogP contribution is -2.25. The van der Waals surface area contributed by atoms with Crippen molar-refractivity contribution in [3.8, 4) is 0 Å². The van der Waals surface area contributed by atoms with Crippen LogP contribution in [0, 0.1) is 0 Å². The van der Waals surface area contributed by atoms with E-state index >= 15 is 0 Å². The summed E-state index contributed by atoms with van der Waals surface area (Å²) in [7, 11) is 0. The lowest BCUT2D eigenvalue weighted by atomic mass is 10.2. The molecule has 0 aliphatic heterocycles. The molecule has 0 aromatic heterocycles. The van der Waals surface area contributed by atoms with Crippen LogP contribution in [0.3, 0.4) is 0 Å². The molecule has 1 aromatic rings. The molecular formula is C10H8BrF3O. The number of aliphatic hydroxyl groups is 1. The van der Waals surface area contributed by atoms with Crippen LogP contribution in [-0.2, 0) is 0 Å². The predicted octanol–water partition coefficient (Wildman–Crippen LogP) is 3.39. The van der Waals surface area contributed by atoms with E-state index in [9.17, 15) is 13.2 Å². The second-order valence-electron chi connectivity index (χ2n) is 2.90. The van der Waals surface area contributed by atoms with E-state index in [0.29, 0.717) is 11.6 Å². The molecule has 15 heavy (non-hydrogen) atoms. The van der Waals surface area contributed by atoms with Crippen LogP contribution in [0.1, 0.15) is 5.56 Å². The highest BCUT2D eigenvalue weighted by Crippen LogP contribution is 2.21. The van der Waals surface area contributed by atoms with Crippen LogP contribution in [-0.4, -0.2) is 17.4 Å². The lowest BCUT2D eigenvalue weighted by molar-refractivity contribution is -0.187. The molecule has 0 spiro atoms. The summed E-state index contributed by atoms with van der Waals surface area (Å²) in [5.74, 6) is 0. The van der Waals surface area contributed by atoms with Gasteiger partial charge in [0.2, 0.25) is 0 Å². The lowest BCUT2D eigenvalue weighted by Gasteiger charge is -2.09. The average Bonchev–Trinajstić information content (AvgIpc) is 2.12. The minimum atomic E-state index is -4.61. The first-order valence-corrected chi connectivity index (χ1v) is 4.87. The molecule has 1 nitrogen and oxygen atoms in total. The number of hydrogen-bond acceptors (Lipinski definition) is 1. The van der Waals surface area contributed by atoms with Crippen LogP contribution in [0.4, 0.5) is 13.2 Å². The smallest absolute Gasteiger partial charge is 0.380 e. The average molecular weight is 281 g/mol. The number of benzene rings is 1. The normalized spacial score (nSPS) is 14.5. The van der Waals surface area contributed by atoms with Crippen molar-refractivity contribution in [3.05, 3.63) is 40.4 Å². The molecule has 1 rings (SSSR count). The number of rotatable bonds is 2. The molecule has 0 aliphatic carbocycles. The van der Waals surface area contributed by atoms with Crippen LogP contribution in [0.2, 0.25) is 0 Å². The van der Waals surface area contributed by atoms with Gasteiger partial charge in [-0.2, -0.15) is 13.2 Å². The molecule has 1 unspecified atom stereocenters. The fourth-order valence-electron chi connectivity index (χ4n) is 0.922. The Morgan fingerprint density at radius 3 is 2.53 bits per heavy atom. The van der Waals surface area contributed by atoms with Crippen LogP contribution in [0.25, 0.3) is 6.08 Å². The van der Waals surface area contributed by atoms with Crippen molar-refractivity contribution in [1.29, 1.82) is 0 Å². The van der Waals surface area contributed by atoms with Crippen molar-refractivity contribution in [2.75, 3.05) is 0 Å². The fourth-order valence-corrected chi connectivity index (χ4v) is 1.34. The summed E-state index contributed by atoms with van der Waals surface area (Å²) < 4.78 is 36.5. The summed E-state index contributed by atoms with van der Waals surface area (Å²) in [6.07, 6.45) is -5.09. The van der Waals surface area contributed by atoms with Gasteiger partial charge < -0.3 is 5.11 Å². The number of hydrogen-bond donors (Lipinski definition) is 1. The summed E-state index contributed by atoms with van der Waals surface area (Å²) in [5.41, 5.74) is 0.590. The van der Waals surface area contributed by atoms with Gasteiger partial charge in [-0.3, -0.25) is 0 Å². The Kier molecular flexibility index (Phi) is 3.93. The highest BCUT2D eigenvalue weighted by Gasteiger charge is 2.35. The van der Waals surface area contributed by atoms with Crippen molar-refractivity contribution < 1.29 is 18.3 Å². The molecule has 1 N–H and O–H groups in total. The quantitative estimate of drug-likeness (QED) is 0.881. The van der Waals surface area contributed by atoms with E-state index in [2.05, 4.69) is 15.9 Å². The van der Waals surface area contributed by atoms with Crippen LogP contribution in [0.5, 0.6) is 0 Å². The van der Waals surface area contributed by atoms with E-state index in [-0.39, 0.29) is 0 Å². The Balaban J connectivity index is 2.74. The zero-order valence-corrected chi connectivity index (χ0v) is 9.09. The minimum absolute atomic E-state index is 0.590. The van der Waals surface area contributed by atoms with Crippen molar-refractivity contribution in [2.45, 2.75) is 12.3 Å². The Morgan fingerprint density at radius 2 is 2.00 bits per heavy atom. The summed E-state index contributed by atoms with van der Waals surface area (Å²) in [6.45, 7) is 0. The van der Waals surface area contributed by atoms with Crippen LogP contribution in [0.15, 0.2) is 34.8 Å². The maximum atomic E-state index is 11.9. The van der Waals surface area contributed by atoms with E-state index in [1.165, 1.54) is 6.08 Å². The minimum Gasteiger partial charge on any atom is -0.380 e. The molecule has 0 heterocycles. The standard InChI is InChI=1S/C10H8BrF3O/c11-8-3-1-2-7(6-8)4-5-9(15)10(12,13)14/h1-6,9,15H/b5-4+. The largest absolute Gasteiger partial charge is 0.417 e. The van der Waals surface area contributed by atoms with Crippen molar-refractivity contribution in [1.82, 2.24) is 0 Å². The molecule has 0 radical (unpaired) electrons. The molecule has 0 aliphatic rings. The molecule has 1 aromatic carbocycles. The third-order valence-electron chi connectivity index (χ3n) is 1.66. The van der Waals surface area contributed by atoms with Crippen molar-refractivity contribution in [2.24, 2.45) is 0 Å². The predicted molar refractivity (Wildman–Crippen MR) is 55.2 cm³/mol. The number of alkyl halides is 3. The second-order valence-corrected chi connectivity index (χ2v) is 3.82. The zero-order chi connectivity index (χ0) is 11.5. The highest BCUT2D eigenvalue weighted by molar-refractivity contribution is 9.10. The SMILES string of the molecule is OC(/C=C/c1cccc(Br)c1)C(F)(F)F. The first-order chi connectivity index (χ1) is 6.89. The van der Waals surface area contributed by atoms with Gasteiger partial charge in [-0.1, -0.05) is 34.1 Å². The third kappa shape index (κ3) is 4.05. The topological polar surface area (TPSA) is 20.2 Å². The molecule has 0 saturated carbocycles. The van der Waals surface area contributed by atoms with E-state index in [0.717, 1.165) is 4.47 Å². The summed E-state index contributed by atoms with van der Waals surface area (Å²) in [5, 5.41) is 8.69. The number of halogens is 4. The van der Waals surface area contributed by atoms with Crippen molar-refractivity contribution >= 4 is 22.0 Å². The Bertz CT molecular complexity index is 360. The number of aliphatic hydroxyl groups excluding tert-OH is 1. The third-order valence-corrected chi connectivity index (χ3v) is 2.15. The van der Waals surface area contributed by atoms with Gasteiger partial charge in [-0.15, -0.1) is 0 Å². The maximum Gasteiger partial charge on any atom is 0.417 e. The van der Waals surface area contributed by atoms with Gasteiger partial charge in [-0.05, 0) is 23.8 Å². The zero-order valence-electron chi connectivity index (χ0n) is 7.50. The van der Waals surface area contributed by atoms with Gasteiger partial charge in [0.15, 0.2) is 6.10 Å². The van der Waals surface area contributed by atoms with Gasteiger partial charge >= 0.3 is 6.18 Å². The monoisotopic (exact) mass is 280 g/mol. The molecule has 0 fully saturated rings. The molecule has 1 atom stereocenters. The van der Waals surface area contributed by atoms with Crippen LogP contribution >= 0.6 is 15.9 Å². The maximum absolute atomic E-state index is 11.9. The first kappa shape index (κ1) is 12.3. The van der Waals surface area contributed by atoms with Gasteiger partial charge in [0.25, 0.3) is 0 Å². The van der Waals surface area contributed by atoms with E-state index in [1.54, 1.807) is 24.3 Å². The molecule has 5 heteroatoms. The van der Waals surface area contributed by atoms with Crippen molar-refractivity contribution in [3.63, 3.8) is 0 Å². The molecule has 0 saturated heterocycles. The van der Waals surface area contributed by atoms with Gasteiger partial charge in [0, 0.05) is 4.47 Å². The highest BCUT2D eigenvalue weighted by atomic mass is 79.9. The Labute approximate surface area is 93.4 Å². The first-order valence-electron chi connectivity index (χ1n) is 4.08. The molecule has 0 amide bonds. The van der Waals surface area contributed by atoms with E-state index in [4.69, 9.17) is 5.11 Å². The molecular weight excluding hydrogens is 273 g/mol. The van der Waals surface area contributed by atoms with Gasteiger partial charge in [0.1, 0.15) is 0 Å². The molecule has 0 bridgehead atoms.